The van der Waals surface area contributed by atoms with Crippen molar-refractivity contribution in [3.05, 3.63) is 60.8 Å². The van der Waals surface area contributed by atoms with Crippen LogP contribution in [0.1, 0.15) is 25.0 Å². The lowest BCUT2D eigenvalue weighted by atomic mass is 9.99. The lowest BCUT2D eigenvalue weighted by Crippen LogP contribution is -2.32. The van der Waals surface area contributed by atoms with Crippen LogP contribution in [0.15, 0.2) is 55.3 Å². The summed E-state index contributed by atoms with van der Waals surface area (Å²) in [4.78, 5) is 4.35. The van der Waals surface area contributed by atoms with Gasteiger partial charge < -0.3 is 15.2 Å². The zero-order valence-electron chi connectivity index (χ0n) is 13.7. The highest BCUT2D eigenvalue weighted by atomic mass is 16.5. The number of fused-ring (bicyclic) bond motifs is 1. The number of nitrogens with one attached hydrogen (secondary N) is 1. The molecule has 1 aromatic heterocycles. The highest BCUT2D eigenvalue weighted by molar-refractivity contribution is 5.83. The first-order chi connectivity index (χ1) is 11.2. The van der Waals surface area contributed by atoms with Crippen LogP contribution in [0.4, 0.5) is 0 Å². The molecule has 0 saturated heterocycles. The van der Waals surface area contributed by atoms with Gasteiger partial charge in [-0.15, -0.1) is 0 Å². The molecule has 2 aromatic rings. The molecule has 4 heteroatoms. The molecule has 0 saturated carbocycles. The second kappa shape index (κ2) is 8.46. The molecule has 0 aliphatic heterocycles. The molecule has 0 radical (unpaired) electrons. The van der Waals surface area contributed by atoms with Gasteiger partial charge in [0.1, 0.15) is 5.75 Å². The number of benzene rings is 1. The molecule has 0 spiro atoms. The van der Waals surface area contributed by atoms with Crippen molar-refractivity contribution in [1.29, 1.82) is 0 Å². The van der Waals surface area contributed by atoms with Gasteiger partial charge in [0.2, 0.25) is 0 Å². The predicted molar refractivity (Wildman–Crippen MR) is 94.7 cm³/mol. The Morgan fingerprint density at radius 2 is 2.22 bits per heavy atom. The average Bonchev–Trinajstić information content (AvgIpc) is 2.59. The average molecular weight is 312 g/mol. The SMILES string of the molecule is C=C/C=C/CCNC(C)C(O)c1ccnc2ccc(OC)cc12. The Kier molecular flexibility index (Phi) is 6.32. The normalized spacial score (nSPS) is 14.0. The van der Waals surface area contributed by atoms with Gasteiger partial charge in [-0.25, -0.2) is 0 Å². The van der Waals surface area contributed by atoms with Gasteiger partial charge in [0.15, 0.2) is 0 Å². The van der Waals surface area contributed by atoms with Crippen LogP contribution in [0.25, 0.3) is 10.9 Å². The first kappa shape index (κ1) is 17.2. The van der Waals surface area contributed by atoms with E-state index in [1.165, 1.54) is 0 Å². The second-order valence-electron chi connectivity index (χ2n) is 5.42. The lowest BCUT2D eigenvalue weighted by Gasteiger charge is -2.21. The Morgan fingerprint density at radius 1 is 1.39 bits per heavy atom. The zero-order chi connectivity index (χ0) is 16.7. The van der Waals surface area contributed by atoms with Gasteiger partial charge in [0.25, 0.3) is 0 Å². The summed E-state index contributed by atoms with van der Waals surface area (Å²) in [5, 5.41) is 15.0. The maximum absolute atomic E-state index is 10.7. The third-order valence-electron chi connectivity index (χ3n) is 3.82. The van der Waals surface area contributed by atoms with Gasteiger partial charge in [-0.2, -0.15) is 0 Å². The van der Waals surface area contributed by atoms with Crippen molar-refractivity contribution < 1.29 is 9.84 Å². The number of methoxy groups -OCH3 is 1. The molecule has 0 bridgehead atoms. The van der Waals surface area contributed by atoms with Gasteiger partial charge in [-0.05, 0) is 49.7 Å². The highest BCUT2D eigenvalue weighted by Gasteiger charge is 2.18. The molecule has 0 amide bonds. The molecule has 0 aliphatic rings. The lowest BCUT2D eigenvalue weighted by molar-refractivity contribution is 0.138. The molecular weight excluding hydrogens is 288 g/mol. The van der Waals surface area contributed by atoms with Crippen LogP contribution in [-0.2, 0) is 0 Å². The number of ether oxygens (including phenoxy) is 1. The van der Waals surface area contributed by atoms with Crippen LogP contribution in [0.3, 0.4) is 0 Å². The van der Waals surface area contributed by atoms with E-state index in [0.29, 0.717) is 0 Å². The van der Waals surface area contributed by atoms with Crippen molar-refractivity contribution in [2.24, 2.45) is 0 Å². The molecule has 1 aromatic carbocycles. The molecule has 2 unspecified atom stereocenters. The second-order valence-corrected chi connectivity index (χ2v) is 5.42. The van der Waals surface area contributed by atoms with Crippen molar-refractivity contribution in [2.75, 3.05) is 13.7 Å². The molecule has 122 valence electrons. The Hall–Kier alpha value is -2.17. The van der Waals surface area contributed by atoms with Crippen molar-refractivity contribution in [3.63, 3.8) is 0 Å². The summed E-state index contributed by atoms with van der Waals surface area (Å²) in [6.45, 7) is 6.42. The Balaban J connectivity index is 2.14. The van der Waals surface area contributed by atoms with E-state index < -0.39 is 6.10 Å². The van der Waals surface area contributed by atoms with Crippen LogP contribution in [0, 0.1) is 0 Å². The maximum atomic E-state index is 10.7. The van der Waals surface area contributed by atoms with E-state index in [-0.39, 0.29) is 6.04 Å². The third-order valence-corrected chi connectivity index (χ3v) is 3.82. The summed E-state index contributed by atoms with van der Waals surface area (Å²) in [6.07, 6.45) is 7.74. The van der Waals surface area contributed by atoms with Crippen molar-refractivity contribution >= 4 is 10.9 Å². The fourth-order valence-corrected chi connectivity index (χ4v) is 2.50. The van der Waals surface area contributed by atoms with Crippen LogP contribution in [0.2, 0.25) is 0 Å². The largest absolute Gasteiger partial charge is 0.497 e. The fraction of sp³-hybridized carbons (Fsp3) is 0.316. The quantitative estimate of drug-likeness (QED) is 0.579. The van der Waals surface area contributed by atoms with Gasteiger partial charge >= 0.3 is 0 Å². The van der Waals surface area contributed by atoms with Crippen LogP contribution < -0.4 is 10.1 Å². The zero-order valence-corrected chi connectivity index (χ0v) is 13.7. The minimum Gasteiger partial charge on any atom is -0.497 e. The Labute approximate surface area is 137 Å². The topological polar surface area (TPSA) is 54.4 Å². The summed E-state index contributed by atoms with van der Waals surface area (Å²) < 4.78 is 5.28. The van der Waals surface area contributed by atoms with Gasteiger partial charge in [-0.3, -0.25) is 4.98 Å². The number of hydrogen-bond donors (Lipinski definition) is 2. The summed E-state index contributed by atoms with van der Waals surface area (Å²) in [6, 6.07) is 7.49. The Bertz CT molecular complexity index is 682. The third kappa shape index (κ3) is 4.41. The van der Waals surface area contributed by atoms with E-state index in [4.69, 9.17) is 4.74 Å². The first-order valence-corrected chi connectivity index (χ1v) is 7.79. The summed E-state index contributed by atoms with van der Waals surface area (Å²) in [5.41, 5.74) is 1.71. The number of hydrogen-bond acceptors (Lipinski definition) is 4. The van der Waals surface area contributed by atoms with Gasteiger partial charge in [0, 0.05) is 17.6 Å². The van der Waals surface area contributed by atoms with E-state index in [1.54, 1.807) is 19.4 Å². The molecule has 2 rings (SSSR count). The summed E-state index contributed by atoms with van der Waals surface area (Å²) >= 11 is 0. The predicted octanol–water partition coefficient (Wildman–Crippen LogP) is 3.39. The number of aliphatic hydroxyl groups is 1. The number of aliphatic hydroxyl groups excluding tert-OH is 1. The first-order valence-electron chi connectivity index (χ1n) is 7.79. The number of rotatable bonds is 8. The molecule has 1 heterocycles. The van der Waals surface area contributed by atoms with Crippen molar-refractivity contribution in [3.8, 4) is 5.75 Å². The number of allylic oxidation sites excluding steroid dienone is 2. The van der Waals surface area contributed by atoms with E-state index >= 15 is 0 Å². The number of nitrogens with zero attached hydrogens (tertiary/aromatic N) is 1. The van der Waals surface area contributed by atoms with E-state index in [2.05, 4.69) is 16.9 Å². The van der Waals surface area contributed by atoms with Crippen LogP contribution in [0.5, 0.6) is 5.75 Å². The summed E-state index contributed by atoms with van der Waals surface area (Å²) in [5.74, 6) is 0.758. The number of aromatic nitrogens is 1. The molecule has 0 fully saturated rings. The molecule has 2 atom stereocenters. The monoisotopic (exact) mass is 312 g/mol. The van der Waals surface area contributed by atoms with Crippen LogP contribution in [-0.4, -0.2) is 29.8 Å². The molecule has 0 aliphatic carbocycles. The standard InChI is InChI=1S/C19H24N2O2/c1-4-5-6-7-11-20-14(2)19(22)16-10-12-21-18-9-8-15(23-3)13-17(16)18/h4-6,8-10,12-14,19-20,22H,1,7,11H2,2-3H3/b6-5+. The Morgan fingerprint density at radius 3 is 2.96 bits per heavy atom. The number of pyridine rings is 1. The fourth-order valence-electron chi connectivity index (χ4n) is 2.50. The molecule has 4 nitrogen and oxygen atoms in total. The molecule has 2 N–H and O–H groups in total. The van der Waals surface area contributed by atoms with E-state index in [0.717, 1.165) is 35.2 Å². The molecular formula is C19H24N2O2. The van der Waals surface area contributed by atoms with Crippen molar-refractivity contribution in [1.82, 2.24) is 10.3 Å². The van der Waals surface area contributed by atoms with Crippen LogP contribution >= 0.6 is 0 Å². The smallest absolute Gasteiger partial charge is 0.119 e. The minimum atomic E-state index is -0.615. The highest BCUT2D eigenvalue weighted by Crippen LogP contribution is 2.28. The van der Waals surface area contributed by atoms with E-state index in [1.807, 2.05) is 43.3 Å². The van der Waals surface area contributed by atoms with Crippen molar-refractivity contribution in [2.45, 2.75) is 25.5 Å². The minimum absolute atomic E-state index is 0.0658. The van der Waals surface area contributed by atoms with Gasteiger partial charge in [-0.1, -0.05) is 24.8 Å². The summed E-state index contributed by atoms with van der Waals surface area (Å²) in [7, 11) is 1.63. The maximum Gasteiger partial charge on any atom is 0.119 e. The van der Waals surface area contributed by atoms with Gasteiger partial charge in [0.05, 0.1) is 18.7 Å². The van der Waals surface area contributed by atoms with E-state index in [9.17, 15) is 5.11 Å². The molecule has 23 heavy (non-hydrogen) atoms.